The van der Waals surface area contributed by atoms with Crippen LogP contribution in [-0.4, -0.2) is 24.2 Å². The van der Waals surface area contributed by atoms with E-state index in [1.807, 2.05) is 0 Å². The van der Waals surface area contributed by atoms with Gasteiger partial charge < -0.3 is 4.90 Å². The van der Waals surface area contributed by atoms with E-state index in [0.717, 1.165) is 6.42 Å². The average Bonchev–Trinajstić information content (AvgIpc) is 2.14. The quantitative estimate of drug-likeness (QED) is 0.572. The minimum absolute atomic E-state index is 0. The van der Waals surface area contributed by atoms with Gasteiger partial charge in [0.25, 0.3) is 0 Å². The van der Waals surface area contributed by atoms with Crippen LogP contribution in [0.5, 0.6) is 0 Å². The maximum Gasteiger partial charge on any atom is 0.224 e. The molecule has 0 aromatic heterocycles. The lowest BCUT2D eigenvalue weighted by Crippen LogP contribution is -2.22. The Morgan fingerprint density at radius 3 is 2.30 bits per heavy atom. The van der Waals surface area contributed by atoms with Gasteiger partial charge in [0.2, 0.25) is 5.91 Å². The first kappa shape index (κ1) is 12.6. The van der Waals surface area contributed by atoms with Crippen molar-refractivity contribution in [1.29, 1.82) is 0 Å². The molecule has 5 heteroatoms. The van der Waals surface area contributed by atoms with Gasteiger partial charge in [-0.25, -0.2) is 4.39 Å². The number of carbonyl (C=O) groups is 1. The molecule has 0 bridgehead atoms. The third-order valence-corrected chi connectivity index (χ3v) is 1.32. The normalized spacial score (nSPS) is 16.1. The first-order chi connectivity index (χ1) is 3.84. The molecule has 0 N–H and O–H groups in total. The molecule has 62 valence electrons. The third-order valence-electron chi connectivity index (χ3n) is 1.32. The summed E-state index contributed by atoms with van der Waals surface area (Å²) in [4.78, 5) is 11.7. The molecule has 0 aliphatic carbocycles. The van der Waals surface area contributed by atoms with Crippen molar-refractivity contribution in [3.63, 3.8) is 0 Å². The standard InChI is InChI=1S/C5H8FNO.2ClH/c6-4-7-3-1-2-5(7)8;;/h1-4H2;2*1H. The van der Waals surface area contributed by atoms with Crippen LogP contribution in [0.3, 0.4) is 0 Å². The minimum atomic E-state index is -0.612. The van der Waals surface area contributed by atoms with E-state index < -0.39 is 6.80 Å². The van der Waals surface area contributed by atoms with Crippen LogP contribution in [0, 0.1) is 0 Å². The Hall–Kier alpha value is -0.0200. The van der Waals surface area contributed by atoms with Crippen molar-refractivity contribution in [2.45, 2.75) is 12.8 Å². The monoisotopic (exact) mass is 189 g/mol. The zero-order valence-electron chi connectivity index (χ0n) is 5.38. The lowest BCUT2D eigenvalue weighted by Gasteiger charge is -2.07. The van der Waals surface area contributed by atoms with Crippen molar-refractivity contribution in [2.75, 3.05) is 13.3 Å². The highest BCUT2D eigenvalue weighted by molar-refractivity contribution is 5.85. The van der Waals surface area contributed by atoms with E-state index in [-0.39, 0.29) is 30.7 Å². The van der Waals surface area contributed by atoms with Crippen molar-refractivity contribution >= 4 is 30.7 Å². The molecule has 1 aliphatic rings. The summed E-state index contributed by atoms with van der Waals surface area (Å²) in [5.41, 5.74) is 0. The van der Waals surface area contributed by atoms with Gasteiger partial charge in [-0.3, -0.25) is 4.79 Å². The van der Waals surface area contributed by atoms with Gasteiger partial charge in [-0.05, 0) is 6.42 Å². The van der Waals surface area contributed by atoms with Crippen molar-refractivity contribution in [1.82, 2.24) is 4.90 Å². The number of rotatable bonds is 1. The molecule has 1 amide bonds. The summed E-state index contributed by atoms with van der Waals surface area (Å²) in [7, 11) is 0. The van der Waals surface area contributed by atoms with Crippen molar-refractivity contribution < 1.29 is 9.18 Å². The highest BCUT2D eigenvalue weighted by Crippen LogP contribution is 2.07. The second-order valence-electron chi connectivity index (χ2n) is 1.88. The molecule has 1 fully saturated rings. The SMILES string of the molecule is Cl.Cl.O=C1CCCN1CF. The summed E-state index contributed by atoms with van der Waals surface area (Å²) >= 11 is 0. The van der Waals surface area contributed by atoms with Crippen LogP contribution < -0.4 is 0 Å². The molecule has 1 saturated heterocycles. The van der Waals surface area contributed by atoms with Gasteiger partial charge in [-0.2, -0.15) is 0 Å². The highest BCUT2D eigenvalue weighted by atomic mass is 35.5. The van der Waals surface area contributed by atoms with E-state index in [2.05, 4.69) is 0 Å². The molecule has 0 spiro atoms. The molecule has 0 aromatic rings. The Morgan fingerprint density at radius 2 is 2.10 bits per heavy atom. The smallest absolute Gasteiger partial charge is 0.224 e. The molecule has 0 radical (unpaired) electrons. The molecule has 0 unspecified atom stereocenters. The molecule has 10 heavy (non-hydrogen) atoms. The van der Waals surface area contributed by atoms with Gasteiger partial charge in [0, 0.05) is 13.0 Å². The van der Waals surface area contributed by atoms with Gasteiger partial charge >= 0.3 is 0 Å². The van der Waals surface area contributed by atoms with Crippen LogP contribution >= 0.6 is 24.8 Å². The van der Waals surface area contributed by atoms with Gasteiger partial charge in [-0.1, -0.05) is 0 Å². The summed E-state index contributed by atoms with van der Waals surface area (Å²) < 4.78 is 11.7. The van der Waals surface area contributed by atoms with E-state index >= 15 is 0 Å². The molecule has 1 aliphatic heterocycles. The van der Waals surface area contributed by atoms with Crippen LogP contribution in [-0.2, 0) is 4.79 Å². The van der Waals surface area contributed by atoms with Crippen molar-refractivity contribution in [2.24, 2.45) is 0 Å². The van der Waals surface area contributed by atoms with Crippen LogP contribution in [0.25, 0.3) is 0 Å². The summed E-state index contributed by atoms with van der Waals surface area (Å²) in [5.74, 6) is -0.0486. The molecule has 0 aromatic carbocycles. The number of nitrogens with zero attached hydrogens (tertiary/aromatic N) is 1. The number of amides is 1. The largest absolute Gasteiger partial charge is 0.315 e. The summed E-state index contributed by atoms with van der Waals surface area (Å²) in [5, 5.41) is 0. The molecule has 1 heterocycles. The van der Waals surface area contributed by atoms with Gasteiger partial charge in [0.05, 0.1) is 0 Å². The van der Waals surface area contributed by atoms with Gasteiger partial charge in [0.1, 0.15) is 0 Å². The van der Waals surface area contributed by atoms with Gasteiger partial charge in [-0.15, -0.1) is 24.8 Å². The first-order valence-corrected chi connectivity index (χ1v) is 2.68. The van der Waals surface area contributed by atoms with Crippen molar-refractivity contribution in [3.8, 4) is 0 Å². The highest BCUT2D eigenvalue weighted by Gasteiger charge is 2.18. The zero-order chi connectivity index (χ0) is 5.98. The van der Waals surface area contributed by atoms with E-state index in [4.69, 9.17) is 0 Å². The maximum absolute atomic E-state index is 11.7. The lowest BCUT2D eigenvalue weighted by molar-refractivity contribution is -0.129. The number of hydrogen-bond acceptors (Lipinski definition) is 1. The Labute approximate surface area is 71.6 Å². The van der Waals surface area contributed by atoms with E-state index in [1.54, 1.807) is 0 Å². The maximum atomic E-state index is 11.7. The molecule has 0 atom stereocenters. The predicted octanol–water partition coefficient (Wildman–Crippen LogP) is 1.38. The van der Waals surface area contributed by atoms with Gasteiger partial charge in [0.15, 0.2) is 6.80 Å². The zero-order valence-corrected chi connectivity index (χ0v) is 7.01. The second kappa shape index (κ2) is 5.74. The Balaban J connectivity index is 0. The van der Waals surface area contributed by atoms with Crippen molar-refractivity contribution in [3.05, 3.63) is 0 Å². The van der Waals surface area contributed by atoms with Crippen LogP contribution in [0.2, 0.25) is 0 Å². The number of likely N-dealkylation sites (tertiary alicyclic amines) is 1. The fourth-order valence-corrected chi connectivity index (χ4v) is 0.830. The summed E-state index contributed by atoms with van der Waals surface area (Å²) in [6, 6.07) is 0. The number of alkyl halides is 1. The first-order valence-electron chi connectivity index (χ1n) is 2.68. The Kier molecular flexibility index (Phi) is 7.26. The van der Waals surface area contributed by atoms with E-state index in [9.17, 15) is 9.18 Å². The number of hydrogen-bond donors (Lipinski definition) is 0. The number of halogens is 3. The predicted molar refractivity (Wildman–Crippen MR) is 41.4 cm³/mol. The number of carbonyl (C=O) groups excluding carboxylic acids is 1. The topological polar surface area (TPSA) is 20.3 Å². The molecular formula is C5H10Cl2FNO. The molecule has 1 rings (SSSR count). The fourth-order valence-electron chi connectivity index (χ4n) is 0.830. The fraction of sp³-hybridized carbons (Fsp3) is 0.800. The Morgan fingerprint density at radius 1 is 1.50 bits per heavy atom. The van der Waals surface area contributed by atoms with E-state index in [0.29, 0.717) is 13.0 Å². The molecule has 2 nitrogen and oxygen atoms in total. The Bertz CT molecular complexity index is 112. The second-order valence-corrected chi connectivity index (χ2v) is 1.88. The molecule has 0 saturated carbocycles. The van der Waals surface area contributed by atoms with Crippen LogP contribution in [0.4, 0.5) is 4.39 Å². The summed E-state index contributed by atoms with van der Waals surface area (Å²) in [6.07, 6.45) is 1.35. The van der Waals surface area contributed by atoms with E-state index in [1.165, 1.54) is 4.90 Å². The average molecular weight is 190 g/mol. The summed E-state index contributed by atoms with van der Waals surface area (Å²) in [6.45, 7) is -0.00579. The third kappa shape index (κ3) is 2.71. The van der Waals surface area contributed by atoms with Crippen LogP contribution in [0.1, 0.15) is 12.8 Å². The minimum Gasteiger partial charge on any atom is -0.315 e. The van der Waals surface area contributed by atoms with Crippen LogP contribution in [0.15, 0.2) is 0 Å². The lowest BCUT2D eigenvalue weighted by atomic mass is 10.4. The molecular weight excluding hydrogens is 180 g/mol.